The normalized spacial score (nSPS) is 22.9. The van der Waals surface area contributed by atoms with E-state index in [9.17, 15) is 4.79 Å². The maximum Gasteiger partial charge on any atom is 0.224 e. The van der Waals surface area contributed by atoms with E-state index in [1.54, 1.807) is 0 Å². The number of benzene rings is 1. The van der Waals surface area contributed by atoms with Crippen molar-refractivity contribution in [2.75, 3.05) is 12.4 Å². The van der Waals surface area contributed by atoms with Crippen molar-refractivity contribution >= 4 is 11.6 Å². The van der Waals surface area contributed by atoms with Gasteiger partial charge in [-0.15, -0.1) is 0 Å². The highest BCUT2D eigenvalue weighted by Crippen LogP contribution is 2.29. The molecular weight excluding hydrogens is 224 g/mol. The summed E-state index contributed by atoms with van der Waals surface area (Å²) >= 11 is 0. The van der Waals surface area contributed by atoms with Gasteiger partial charge in [0.05, 0.1) is 0 Å². The third-order valence-corrected chi connectivity index (χ3v) is 3.83. The largest absolute Gasteiger partial charge is 0.326 e. The van der Waals surface area contributed by atoms with Crippen molar-refractivity contribution in [3.8, 4) is 0 Å². The minimum absolute atomic E-state index is 0.128. The molecule has 0 saturated heterocycles. The Morgan fingerprint density at radius 3 is 2.78 bits per heavy atom. The summed E-state index contributed by atoms with van der Waals surface area (Å²) in [5.74, 6) is 0.791. The van der Waals surface area contributed by atoms with Gasteiger partial charge in [0.2, 0.25) is 5.91 Å². The maximum absolute atomic E-state index is 11.8. The summed E-state index contributed by atoms with van der Waals surface area (Å²) in [6, 6.07) is 10.3. The molecule has 2 unspecified atom stereocenters. The van der Waals surface area contributed by atoms with Gasteiger partial charge in [-0.3, -0.25) is 4.79 Å². The molecule has 98 valence electrons. The van der Waals surface area contributed by atoms with Gasteiger partial charge in [-0.05, 0) is 44.4 Å². The van der Waals surface area contributed by atoms with Gasteiger partial charge >= 0.3 is 0 Å². The Balaban J connectivity index is 1.75. The number of carbonyl (C=O) groups excluding carboxylic acids is 1. The second-order valence-electron chi connectivity index (χ2n) is 5.04. The number of hydrogen-bond donors (Lipinski definition) is 2. The molecule has 3 nitrogen and oxygen atoms in total. The van der Waals surface area contributed by atoms with Crippen LogP contribution in [0.2, 0.25) is 0 Å². The van der Waals surface area contributed by atoms with E-state index in [4.69, 9.17) is 0 Å². The predicted octanol–water partition coefficient (Wildman–Crippen LogP) is 2.79. The average Bonchev–Trinajstić information content (AvgIpc) is 2.85. The van der Waals surface area contributed by atoms with E-state index in [-0.39, 0.29) is 5.91 Å². The van der Waals surface area contributed by atoms with E-state index in [0.717, 1.165) is 12.1 Å². The topological polar surface area (TPSA) is 41.1 Å². The van der Waals surface area contributed by atoms with Crippen LogP contribution in [0.25, 0.3) is 0 Å². The number of rotatable bonds is 5. The molecule has 0 radical (unpaired) electrons. The first-order valence-corrected chi connectivity index (χ1v) is 6.82. The highest BCUT2D eigenvalue weighted by molar-refractivity contribution is 5.90. The Labute approximate surface area is 109 Å². The zero-order valence-corrected chi connectivity index (χ0v) is 11.0. The van der Waals surface area contributed by atoms with E-state index >= 15 is 0 Å². The average molecular weight is 246 g/mol. The fraction of sp³-hybridized carbons (Fsp3) is 0.533. The van der Waals surface area contributed by atoms with E-state index < -0.39 is 0 Å². The molecule has 1 amide bonds. The molecule has 3 heteroatoms. The third kappa shape index (κ3) is 3.57. The van der Waals surface area contributed by atoms with E-state index in [1.165, 1.54) is 19.3 Å². The molecule has 0 bridgehead atoms. The van der Waals surface area contributed by atoms with Crippen molar-refractivity contribution in [3.63, 3.8) is 0 Å². The Kier molecular flexibility index (Phi) is 4.76. The van der Waals surface area contributed by atoms with Crippen molar-refractivity contribution in [3.05, 3.63) is 30.3 Å². The lowest BCUT2D eigenvalue weighted by Crippen LogP contribution is -2.29. The lowest BCUT2D eigenvalue weighted by Gasteiger charge is -2.18. The lowest BCUT2D eigenvalue weighted by atomic mass is 9.97. The van der Waals surface area contributed by atoms with E-state index in [2.05, 4.69) is 10.6 Å². The lowest BCUT2D eigenvalue weighted by molar-refractivity contribution is -0.116. The Morgan fingerprint density at radius 2 is 2.06 bits per heavy atom. The van der Waals surface area contributed by atoms with Gasteiger partial charge in [0, 0.05) is 18.2 Å². The monoisotopic (exact) mass is 246 g/mol. The number of anilines is 1. The van der Waals surface area contributed by atoms with Crippen LogP contribution in [0.4, 0.5) is 5.69 Å². The first-order chi connectivity index (χ1) is 8.79. The van der Waals surface area contributed by atoms with Gasteiger partial charge in [0.1, 0.15) is 0 Å². The number of carbonyl (C=O) groups is 1. The summed E-state index contributed by atoms with van der Waals surface area (Å²) < 4.78 is 0. The summed E-state index contributed by atoms with van der Waals surface area (Å²) in [5, 5.41) is 6.30. The fourth-order valence-corrected chi connectivity index (χ4v) is 2.82. The Morgan fingerprint density at radius 1 is 1.28 bits per heavy atom. The molecule has 0 aromatic heterocycles. The summed E-state index contributed by atoms with van der Waals surface area (Å²) in [6.45, 7) is 0. The van der Waals surface area contributed by atoms with Gasteiger partial charge in [-0.2, -0.15) is 0 Å². The van der Waals surface area contributed by atoms with Gasteiger partial charge in [0.15, 0.2) is 0 Å². The fourth-order valence-electron chi connectivity index (χ4n) is 2.82. The molecule has 1 aromatic carbocycles. The van der Waals surface area contributed by atoms with Crippen molar-refractivity contribution < 1.29 is 4.79 Å². The van der Waals surface area contributed by atoms with Gasteiger partial charge < -0.3 is 10.6 Å². The molecule has 0 aliphatic heterocycles. The minimum Gasteiger partial charge on any atom is -0.326 e. The molecule has 0 heterocycles. The van der Waals surface area contributed by atoms with Crippen LogP contribution in [0.5, 0.6) is 0 Å². The highest BCUT2D eigenvalue weighted by Gasteiger charge is 2.25. The summed E-state index contributed by atoms with van der Waals surface area (Å²) in [4.78, 5) is 11.8. The van der Waals surface area contributed by atoms with Crippen molar-refractivity contribution in [1.82, 2.24) is 5.32 Å². The van der Waals surface area contributed by atoms with Crippen LogP contribution in [0, 0.1) is 5.92 Å². The van der Waals surface area contributed by atoms with Crippen LogP contribution in [-0.4, -0.2) is 19.0 Å². The van der Waals surface area contributed by atoms with Crippen LogP contribution < -0.4 is 10.6 Å². The van der Waals surface area contributed by atoms with E-state index in [0.29, 0.717) is 18.4 Å². The zero-order valence-electron chi connectivity index (χ0n) is 11.0. The van der Waals surface area contributed by atoms with Crippen LogP contribution in [-0.2, 0) is 4.79 Å². The summed E-state index contributed by atoms with van der Waals surface area (Å²) in [7, 11) is 2.02. The highest BCUT2D eigenvalue weighted by atomic mass is 16.1. The number of amides is 1. The molecule has 2 atom stereocenters. The first-order valence-electron chi connectivity index (χ1n) is 6.82. The Hall–Kier alpha value is -1.35. The molecule has 2 rings (SSSR count). The quantitative estimate of drug-likeness (QED) is 0.838. The molecular formula is C15H22N2O. The van der Waals surface area contributed by atoms with Crippen molar-refractivity contribution in [1.29, 1.82) is 0 Å². The molecule has 1 aromatic rings. The van der Waals surface area contributed by atoms with Crippen LogP contribution in [0.3, 0.4) is 0 Å². The second kappa shape index (κ2) is 6.55. The van der Waals surface area contributed by atoms with Crippen LogP contribution >= 0.6 is 0 Å². The van der Waals surface area contributed by atoms with Crippen LogP contribution in [0.15, 0.2) is 30.3 Å². The van der Waals surface area contributed by atoms with Gasteiger partial charge in [-0.25, -0.2) is 0 Å². The SMILES string of the molecule is CNC1CCCC1CCC(=O)Nc1ccccc1. The van der Waals surface area contributed by atoms with Gasteiger partial charge in [0.25, 0.3) is 0 Å². The predicted molar refractivity (Wildman–Crippen MR) is 74.5 cm³/mol. The van der Waals surface area contributed by atoms with E-state index in [1.807, 2.05) is 37.4 Å². The molecule has 1 aliphatic rings. The maximum atomic E-state index is 11.8. The smallest absolute Gasteiger partial charge is 0.224 e. The molecule has 1 aliphatic carbocycles. The molecule has 18 heavy (non-hydrogen) atoms. The molecule has 2 N–H and O–H groups in total. The van der Waals surface area contributed by atoms with Crippen molar-refractivity contribution in [2.45, 2.75) is 38.1 Å². The summed E-state index contributed by atoms with van der Waals surface area (Å²) in [5.41, 5.74) is 0.888. The first kappa shape index (κ1) is 13.1. The van der Waals surface area contributed by atoms with Gasteiger partial charge in [-0.1, -0.05) is 24.6 Å². The molecule has 0 spiro atoms. The number of hydrogen-bond acceptors (Lipinski definition) is 2. The molecule has 1 fully saturated rings. The molecule has 1 saturated carbocycles. The third-order valence-electron chi connectivity index (χ3n) is 3.83. The Bertz CT molecular complexity index is 377. The second-order valence-corrected chi connectivity index (χ2v) is 5.04. The zero-order chi connectivity index (χ0) is 12.8. The van der Waals surface area contributed by atoms with Crippen molar-refractivity contribution in [2.24, 2.45) is 5.92 Å². The standard InChI is InChI=1S/C15H22N2O/c1-16-14-9-5-6-12(14)10-11-15(18)17-13-7-3-2-4-8-13/h2-4,7-8,12,14,16H,5-6,9-11H2,1H3,(H,17,18). The minimum atomic E-state index is 0.128. The number of para-hydroxylation sites is 1. The summed E-state index contributed by atoms with van der Waals surface area (Å²) in [6.07, 6.45) is 5.41. The van der Waals surface area contributed by atoms with Crippen LogP contribution in [0.1, 0.15) is 32.1 Å². The number of nitrogens with one attached hydrogen (secondary N) is 2.